The molecule has 2 nitrogen and oxygen atoms in total. The Labute approximate surface area is 116 Å². The average Bonchev–Trinajstić information content (AvgIpc) is 2.41. The molecule has 0 aliphatic carbocycles. The summed E-state index contributed by atoms with van der Waals surface area (Å²) in [5.41, 5.74) is 0. The Morgan fingerprint density at radius 3 is 1.89 bits per heavy atom. The molecule has 2 unspecified atom stereocenters. The molecule has 110 valence electrons. The number of rotatable bonds is 11. The van der Waals surface area contributed by atoms with Crippen molar-refractivity contribution < 1.29 is 0 Å². The molecule has 2 atom stereocenters. The van der Waals surface area contributed by atoms with Crippen LogP contribution >= 0.6 is 0 Å². The summed E-state index contributed by atoms with van der Waals surface area (Å²) >= 11 is 0. The molecule has 0 spiro atoms. The van der Waals surface area contributed by atoms with E-state index in [4.69, 9.17) is 0 Å². The van der Waals surface area contributed by atoms with Gasteiger partial charge in [0.1, 0.15) is 0 Å². The summed E-state index contributed by atoms with van der Waals surface area (Å²) in [4.78, 5) is 2.64. The van der Waals surface area contributed by atoms with Gasteiger partial charge in [-0.1, -0.05) is 60.8 Å². The van der Waals surface area contributed by atoms with Crippen LogP contribution in [0.1, 0.15) is 60.8 Å². The van der Waals surface area contributed by atoms with Crippen molar-refractivity contribution in [3.05, 3.63) is 0 Å². The van der Waals surface area contributed by atoms with E-state index in [0.29, 0.717) is 6.04 Å². The number of nitrogens with zero attached hydrogens (tertiary/aromatic N) is 1. The quantitative estimate of drug-likeness (QED) is 0.605. The van der Waals surface area contributed by atoms with E-state index in [0.717, 1.165) is 18.4 Å². The van der Waals surface area contributed by atoms with Crippen molar-refractivity contribution in [3.8, 4) is 0 Å². The van der Waals surface area contributed by atoms with Gasteiger partial charge in [0.25, 0.3) is 0 Å². The zero-order valence-electron chi connectivity index (χ0n) is 13.6. The third-order valence-corrected chi connectivity index (χ3v) is 4.37. The Morgan fingerprint density at radius 2 is 1.50 bits per heavy atom. The van der Waals surface area contributed by atoms with Crippen LogP contribution in [-0.2, 0) is 0 Å². The van der Waals surface area contributed by atoms with Crippen LogP contribution in [0.25, 0.3) is 0 Å². The molecule has 0 aliphatic heterocycles. The Morgan fingerprint density at radius 1 is 0.889 bits per heavy atom. The van der Waals surface area contributed by atoms with Crippen molar-refractivity contribution >= 4 is 0 Å². The van der Waals surface area contributed by atoms with Crippen LogP contribution in [-0.4, -0.2) is 37.1 Å². The predicted octanol–water partition coefficient (Wildman–Crippen LogP) is 3.77. The molecule has 0 heterocycles. The van der Waals surface area contributed by atoms with Gasteiger partial charge >= 0.3 is 0 Å². The van der Waals surface area contributed by atoms with E-state index in [1.165, 1.54) is 38.9 Å². The third kappa shape index (κ3) is 6.75. The molecule has 0 rings (SSSR count). The SMILES string of the molecule is CCNC(CN(CC)CC(CC)CC)C(C)CC. The average molecular weight is 256 g/mol. The van der Waals surface area contributed by atoms with E-state index >= 15 is 0 Å². The number of hydrogen-bond acceptors (Lipinski definition) is 2. The van der Waals surface area contributed by atoms with Crippen molar-refractivity contribution in [2.75, 3.05) is 26.2 Å². The van der Waals surface area contributed by atoms with Gasteiger partial charge in [-0.2, -0.15) is 0 Å². The fourth-order valence-electron chi connectivity index (χ4n) is 2.52. The second kappa shape index (κ2) is 10.8. The molecule has 0 saturated carbocycles. The van der Waals surface area contributed by atoms with Crippen LogP contribution in [0.2, 0.25) is 0 Å². The topological polar surface area (TPSA) is 15.3 Å². The standard InChI is InChI=1S/C16H36N2/c1-7-14(6)16(17-10-4)13-18(11-5)12-15(8-2)9-3/h14-17H,7-13H2,1-6H3. The molecule has 0 aromatic carbocycles. The first-order chi connectivity index (χ1) is 8.62. The first kappa shape index (κ1) is 17.9. The summed E-state index contributed by atoms with van der Waals surface area (Å²) in [7, 11) is 0. The first-order valence-electron chi connectivity index (χ1n) is 8.08. The minimum atomic E-state index is 0.648. The molecule has 0 bridgehead atoms. The van der Waals surface area contributed by atoms with Gasteiger partial charge < -0.3 is 10.2 Å². The third-order valence-electron chi connectivity index (χ3n) is 4.37. The molecule has 0 amide bonds. The Balaban J connectivity index is 4.35. The zero-order valence-corrected chi connectivity index (χ0v) is 13.6. The summed E-state index contributed by atoms with van der Waals surface area (Å²) in [6.07, 6.45) is 3.88. The van der Waals surface area contributed by atoms with Crippen molar-refractivity contribution in [2.24, 2.45) is 11.8 Å². The monoisotopic (exact) mass is 256 g/mol. The summed E-state index contributed by atoms with van der Waals surface area (Å²) in [5, 5.41) is 3.67. The van der Waals surface area contributed by atoms with E-state index in [1.54, 1.807) is 0 Å². The lowest BCUT2D eigenvalue weighted by Crippen LogP contribution is -2.46. The van der Waals surface area contributed by atoms with E-state index in [1.807, 2.05) is 0 Å². The van der Waals surface area contributed by atoms with Crippen LogP contribution in [0.15, 0.2) is 0 Å². The van der Waals surface area contributed by atoms with Crippen molar-refractivity contribution in [1.82, 2.24) is 10.2 Å². The second-order valence-corrected chi connectivity index (χ2v) is 5.58. The highest BCUT2D eigenvalue weighted by atomic mass is 15.1. The Bertz CT molecular complexity index is 178. The molecule has 0 saturated heterocycles. The summed E-state index contributed by atoms with van der Waals surface area (Å²) in [6.45, 7) is 18.5. The van der Waals surface area contributed by atoms with Crippen LogP contribution in [0.4, 0.5) is 0 Å². The van der Waals surface area contributed by atoms with Gasteiger partial charge in [-0.3, -0.25) is 0 Å². The highest BCUT2D eigenvalue weighted by Gasteiger charge is 2.19. The number of nitrogens with one attached hydrogen (secondary N) is 1. The van der Waals surface area contributed by atoms with Crippen molar-refractivity contribution in [1.29, 1.82) is 0 Å². The maximum atomic E-state index is 3.67. The highest BCUT2D eigenvalue weighted by molar-refractivity contribution is 4.77. The van der Waals surface area contributed by atoms with Gasteiger partial charge in [-0.25, -0.2) is 0 Å². The van der Waals surface area contributed by atoms with Crippen molar-refractivity contribution in [2.45, 2.75) is 66.8 Å². The van der Waals surface area contributed by atoms with Gasteiger partial charge in [0, 0.05) is 19.1 Å². The molecule has 0 aromatic heterocycles. The molecule has 18 heavy (non-hydrogen) atoms. The smallest absolute Gasteiger partial charge is 0.0220 e. The minimum Gasteiger partial charge on any atom is -0.313 e. The van der Waals surface area contributed by atoms with Crippen molar-refractivity contribution in [3.63, 3.8) is 0 Å². The van der Waals surface area contributed by atoms with Gasteiger partial charge in [0.2, 0.25) is 0 Å². The van der Waals surface area contributed by atoms with E-state index in [2.05, 4.69) is 51.8 Å². The fraction of sp³-hybridized carbons (Fsp3) is 1.00. The highest BCUT2D eigenvalue weighted by Crippen LogP contribution is 2.13. The number of likely N-dealkylation sites (N-methyl/N-ethyl adjacent to an activating group) is 2. The molecule has 2 heteroatoms. The first-order valence-corrected chi connectivity index (χ1v) is 8.08. The summed E-state index contributed by atoms with van der Waals surface area (Å²) < 4.78 is 0. The van der Waals surface area contributed by atoms with Gasteiger partial charge in [0.05, 0.1) is 0 Å². The summed E-state index contributed by atoms with van der Waals surface area (Å²) in [6, 6.07) is 0.648. The Hall–Kier alpha value is -0.0800. The minimum absolute atomic E-state index is 0.648. The zero-order chi connectivity index (χ0) is 14.0. The van der Waals surface area contributed by atoms with Crippen LogP contribution in [0.5, 0.6) is 0 Å². The van der Waals surface area contributed by atoms with Crippen LogP contribution in [0.3, 0.4) is 0 Å². The molecule has 1 N–H and O–H groups in total. The largest absolute Gasteiger partial charge is 0.313 e. The van der Waals surface area contributed by atoms with Crippen LogP contribution < -0.4 is 5.32 Å². The van der Waals surface area contributed by atoms with E-state index in [-0.39, 0.29) is 0 Å². The summed E-state index contributed by atoms with van der Waals surface area (Å²) in [5.74, 6) is 1.63. The molecule has 0 fully saturated rings. The normalized spacial score (nSPS) is 15.3. The van der Waals surface area contributed by atoms with Gasteiger partial charge in [-0.05, 0) is 24.9 Å². The molecule has 0 radical (unpaired) electrons. The lowest BCUT2D eigenvalue weighted by atomic mass is 9.97. The van der Waals surface area contributed by atoms with E-state index in [9.17, 15) is 0 Å². The van der Waals surface area contributed by atoms with Gasteiger partial charge in [-0.15, -0.1) is 0 Å². The predicted molar refractivity (Wildman–Crippen MR) is 83.1 cm³/mol. The Kier molecular flexibility index (Phi) is 10.8. The lowest BCUT2D eigenvalue weighted by molar-refractivity contribution is 0.188. The molecular formula is C16H36N2. The number of hydrogen-bond donors (Lipinski definition) is 1. The maximum absolute atomic E-state index is 3.67. The van der Waals surface area contributed by atoms with Gasteiger partial charge in [0.15, 0.2) is 0 Å². The maximum Gasteiger partial charge on any atom is 0.0220 e. The van der Waals surface area contributed by atoms with Crippen LogP contribution in [0, 0.1) is 11.8 Å². The lowest BCUT2D eigenvalue weighted by Gasteiger charge is -2.32. The molecular weight excluding hydrogens is 220 g/mol. The fourth-order valence-corrected chi connectivity index (χ4v) is 2.52. The molecule has 0 aromatic rings. The van der Waals surface area contributed by atoms with E-state index < -0.39 is 0 Å². The second-order valence-electron chi connectivity index (χ2n) is 5.58. The molecule has 0 aliphatic rings.